The summed E-state index contributed by atoms with van der Waals surface area (Å²) >= 11 is 5.22. The molecule has 0 aliphatic rings. The van der Waals surface area contributed by atoms with Gasteiger partial charge < -0.3 is 4.98 Å². The quantitative estimate of drug-likeness (QED) is 0.693. The number of hydrogen-bond donors (Lipinski definition) is 2. The molecule has 4 nitrogen and oxygen atoms in total. The van der Waals surface area contributed by atoms with E-state index in [4.69, 9.17) is 11.6 Å². The van der Waals surface area contributed by atoms with Crippen LogP contribution >= 0.6 is 24.0 Å². The van der Waals surface area contributed by atoms with Crippen LogP contribution in [0.3, 0.4) is 0 Å². The van der Waals surface area contributed by atoms with Crippen molar-refractivity contribution in [1.29, 1.82) is 0 Å². The molecule has 0 radical (unpaired) electrons. The topological polar surface area (TPSA) is 57.8 Å². The fourth-order valence-corrected chi connectivity index (χ4v) is 0.566. The third kappa shape index (κ3) is 3.25. The molecule has 0 bridgehead atoms. The Balaban J connectivity index is 0.000001000. The van der Waals surface area contributed by atoms with Crippen LogP contribution in [0.1, 0.15) is 0 Å². The molecule has 0 spiro atoms. The van der Waals surface area contributed by atoms with Gasteiger partial charge in [0.1, 0.15) is 5.88 Å². The van der Waals surface area contributed by atoms with Crippen molar-refractivity contribution in [3.63, 3.8) is 0 Å². The fraction of sp³-hybridized carbons (Fsp3) is 0.200. The summed E-state index contributed by atoms with van der Waals surface area (Å²) in [5, 5.41) is 2.43. The number of nitrogens with one attached hydrogen (secondary N) is 2. The van der Waals surface area contributed by atoms with Crippen molar-refractivity contribution in [3.8, 4) is 0 Å². The molecular formula is C5H7Cl2N3O. The van der Waals surface area contributed by atoms with Crippen LogP contribution in [0.4, 0.5) is 5.95 Å². The Morgan fingerprint density at radius 1 is 1.82 bits per heavy atom. The first-order valence-corrected chi connectivity index (χ1v) is 3.21. The van der Waals surface area contributed by atoms with Crippen molar-refractivity contribution in [2.75, 3.05) is 11.2 Å². The third-order valence-electron chi connectivity index (χ3n) is 0.877. The first-order chi connectivity index (χ1) is 4.83. The molecule has 0 saturated heterocycles. The van der Waals surface area contributed by atoms with Crippen LogP contribution in [0.5, 0.6) is 0 Å². The number of rotatable bonds is 2. The van der Waals surface area contributed by atoms with E-state index in [2.05, 4.69) is 15.3 Å². The number of carbonyl (C=O) groups excluding carboxylic acids is 1. The Hall–Kier alpha value is -0.740. The second kappa shape index (κ2) is 4.98. The number of carbonyl (C=O) groups is 1. The monoisotopic (exact) mass is 195 g/mol. The predicted molar refractivity (Wildman–Crippen MR) is 45.2 cm³/mol. The Bertz CT molecular complexity index is 212. The molecule has 0 fully saturated rings. The molecular weight excluding hydrogens is 189 g/mol. The maximum absolute atomic E-state index is 10.6. The first kappa shape index (κ1) is 10.3. The smallest absolute Gasteiger partial charge is 0.241 e. The number of halogens is 2. The maximum atomic E-state index is 10.6. The number of H-pyrrole nitrogens is 1. The SMILES string of the molecule is Cl.O=C(CCl)Nc1ncc[nH]1. The van der Waals surface area contributed by atoms with Gasteiger partial charge in [0.2, 0.25) is 11.9 Å². The molecule has 0 atom stereocenters. The van der Waals surface area contributed by atoms with Gasteiger partial charge in [0.15, 0.2) is 0 Å². The lowest BCUT2D eigenvalue weighted by Gasteiger charge is -1.94. The molecule has 6 heteroatoms. The van der Waals surface area contributed by atoms with Crippen LogP contribution in [0.15, 0.2) is 12.4 Å². The minimum Gasteiger partial charge on any atom is -0.331 e. The van der Waals surface area contributed by atoms with Gasteiger partial charge in [-0.25, -0.2) is 4.98 Å². The first-order valence-electron chi connectivity index (χ1n) is 2.68. The number of alkyl halides is 1. The van der Waals surface area contributed by atoms with Gasteiger partial charge in [-0.2, -0.15) is 0 Å². The summed E-state index contributed by atoms with van der Waals surface area (Å²) in [7, 11) is 0. The van der Waals surface area contributed by atoms with Gasteiger partial charge in [0.25, 0.3) is 0 Å². The average molecular weight is 196 g/mol. The molecule has 1 aromatic rings. The summed E-state index contributed by atoms with van der Waals surface area (Å²) < 4.78 is 0. The Kier molecular flexibility index (Phi) is 4.65. The van der Waals surface area contributed by atoms with E-state index in [1.54, 1.807) is 12.4 Å². The van der Waals surface area contributed by atoms with Crippen molar-refractivity contribution in [2.24, 2.45) is 0 Å². The minimum atomic E-state index is -0.267. The molecule has 0 aliphatic carbocycles. The third-order valence-corrected chi connectivity index (χ3v) is 1.12. The Labute approximate surface area is 74.8 Å². The van der Waals surface area contributed by atoms with Gasteiger partial charge in [0, 0.05) is 12.4 Å². The van der Waals surface area contributed by atoms with Gasteiger partial charge in [-0.3, -0.25) is 10.1 Å². The Morgan fingerprint density at radius 2 is 2.55 bits per heavy atom. The van der Waals surface area contributed by atoms with Gasteiger partial charge in [-0.05, 0) is 0 Å². The molecule has 1 aromatic heterocycles. The van der Waals surface area contributed by atoms with Crippen LogP contribution in [0.25, 0.3) is 0 Å². The number of imidazole rings is 1. The molecule has 11 heavy (non-hydrogen) atoms. The highest BCUT2D eigenvalue weighted by atomic mass is 35.5. The van der Waals surface area contributed by atoms with E-state index >= 15 is 0 Å². The number of anilines is 1. The van der Waals surface area contributed by atoms with E-state index in [1.165, 1.54) is 0 Å². The maximum Gasteiger partial charge on any atom is 0.241 e. The Morgan fingerprint density at radius 3 is 3.00 bits per heavy atom. The molecule has 1 amide bonds. The average Bonchev–Trinajstić information content (AvgIpc) is 2.40. The van der Waals surface area contributed by atoms with Crippen molar-refractivity contribution < 1.29 is 4.79 Å². The largest absolute Gasteiger partial charge is 0.331 e. The number of hydrogen-bond acceptors (Lipinski definition) is 2. The highest BCUT2D eigenvalue weighted by Gasteiger charge is 1.98. The van der Waals surface area contributed by atoms with E-state index in [9.17, 15) is 4.79 Å². The predicted octanol–water partition coefficient (Wildman–Crippen LogP) is 1.01. The second-order valence-corrected chi connectivity index (χ2v) is 1.89. The van der Waals surface area contributed by atoms with Crippen LogP contribution in [-0.4, -0.2) is 21.8 Å². The molecule has 2 N–H and O–H groups in total. The standard InChI is InChI=1S/C5H6ClN3O.ClH/c6-3-4(10)9-5-7-1-2-8-5;/h1-2H,3H2,(H2,7,8,9,10);1H. The van der Waals surface area contributed by atoms with Crippen LogP contribution in [0, 0.1) is 0 Å². The van der Waals surface area contributed by atoms with E-state index < -0.39 is 0 Å². The number of nitrogens with zero attached hydrogens (tertiary/aromatic N) is 1. The zero-order valence-electron chi connectivity index (χ0n) is 5.50. The lowest BCUT2D eigenvalue weighted by Crippen LogP contribution is -2.13. The van der Waals surface area contributed by atoms with Crippen LogP contribution < -0.4 is 5.32 Å². The molecule has 0 saturated carbocycles. The van der Waals surface area contributed by atoms with Crippen molar-refractivity contribution in [1.82, 2.24) is 9.97 Å². The van der Waals surface area contributed by atoms with E-state index in [-0.39, 0.29) is 24.2 Å². The number of aromatic nitrogens is 2. The summed E-state index contributed by atoms with van der Waals surface area (Å²) in [5.41, 5.74) is 0. The van der Waals surface area contributed by atoms with Crippen LogP contribution in [-0.2, 0) is 4.79 Å². The van der Waals surface area contributed by atoms with Gasteiger partial charge >= 0.3 is 0 Å². The number of amides is 1. The molecule has 1 heterocycles. The van der Waals surface area contributed by atoms with Crippen molar-refractivity contribution >= 4 is 35.9 Å². The number of aromatic amines is 1. The van der Waals surface area contributed by atoms with Gasteiger partial charge in [-0.1, -0.05) is 0 Å². The van der Waals surface area contributed by atoms with Gasteiger partial charge in [0.05, 0.1) is 0 Å². The summed E-state index contributed by atoms with van der Waals surface area (Å²) in [4.78, 5) is 17.0. The lowest BCUT2D eigenvalue weighted by atomic mass is 10.7. The van der Waals surface area contributed by atoms with E-state index in [0.29, 0.717) is 5.95 Å². The molecule has 1 rings (SSSR count). The zero-order chi connectivity index (χ0) is 7.40. The highest BCUT2D eigenvalue weighted by molar-refractivity contribution is 6.28. The molecule has 0 aliphatic heterocycles. The summed E-state index contributed by atoms with van der Waals surface area (Å²) in [5.74, 6) is 0.100. The lowest BCUT2D eigenvalue weighted by molar-refractivity contribution is -0.114. The van der Waals surface area contributed by atoms with E-state index in [0.717, 1.165) is 0 Å². The normalized spacial score (nSPS) is 8.45. The van der Waals surface area contributed by atoms with Gasteiger partial charge in [-0.15, -0.1) is 24.0 Å². The van der Waals surface area contributed by atoms with Crippen LogP contribution in [0.2, 0.25) is 0 Å². The fourth-order valence-electron chi connectivity index (χ4n) is 0.499. The second-order valence-electron chi connectivity index (χ2n) is 1.62. The van der Waals surface area contributed by atoms with Crippen molar-refractivity contribution in [3.05, 3.63) is 12.4 Å². The van der Waals surface area contributed by atoms with Crippen molar-refractivity contribution in [2.45, 2.75) is 0 Å². The zero-order valence-corrected chi connectivity index (χ0v) is 7.08. The minimum absolute atomic E-state index is 0. The molecule has 0 unspecified atom stereocenters. The molecule has 62 valence electrons. The summed E-state index contributed by atoms with van der Waals surface area (Å²) in [6.45, 7) is 0. The molecule has 0 aromatic carbocycles. The summed E-state index contributed by atoms with van der Waals surface area (Å²) in [6.07, 6.45) is 3.16. The highest BCUT2D eigenvalue weighted by Crippen LogP contribution is 1.94. The van der Waals surface area contributed by atoms with E-state index in [1.807, 2.05) is 0 Å². The summed E-state index contributed by atoms with van der Waals surface area (Å²) in [6, 6.07) is 0.